The van der Waals surface area contributed by atoms with E-state index in [0.29, 0.717) is 30.5 Å². The number of nitriles is 1. The zero-order valence-electron chi connectivity index (χ0n) is 11.5. The normalized spacial score (nSPS) is 32.2. The Kier molecular flexibility index (Phi) is 6.34. The van der Waals surface area contributed by atoms with Gasteiger partial charge in [-0.2, -0.15) is 5.26 Å². The first-order valence-corrected chi connectivity index (χ1v) is 9.17. The number of hydrogen-bond acceptors (Lipinski definition) is 5. The molecule has 1 aliphatic carbocycles. The fourth-order valence-corrected chi connectivity index (χ4v) is 3.31. The predicted molar refractivity (Wildman–Crippen MR) is 81.1 cm³/mol. The van der Waals surface area contributed by atoms with Crippen LogP contribution in [0.1, 0.15) is 32.6 Å². The lowest BCUT2D eigenvalue weighted by molar-refractivity contribution is -0.0625. The summed E-state index contributed by atoms with van der Waals surface area (Å²) in [6, 6.07) is 2.31. The molecule has 1 aliphatic heterocycles. The monoisotopic (exact) mass is 301 g/mol. The van der Waals surface area contributed by atoms with E-state index >= 15 is 0 Å². The van der Waals surface area contributed by atoms with Crippen LogP contribution in [0, 0.1) is 29.1 Å². The molecule has 0 spiro atoms. The Bertz CT molecular complexity index is 317. The second kappa shape index (κ2) is 7.78. The van der Waals surface area contributed by atoms with Crippen molar-refractivity contribution in [3.05, 3.63) is 0 Å². The highest BCUT2D eigenvalue weighted by molar-refractivity contribution is 8.68. The number of rotatable bonds is 9. The van der Waals surface area contributed by atoms with Crippen LogP contribution in [0.4, 0.5) is 0 Å². The summed E-state index contributed by atoms with van der Waals surface area (Å²) in [6.45, 7) is 3.87. The van der Waals surface area contributed by atoms with E-state index in [1.54, 1.807) is 0 Å². The summed E-state index contributed by atoms with van der Waals surface area (Å²) in [4.78, 5) is 0. The van der Waals surface area contributed by atoms with Crippen molar-refractivity contribution in [1.29, 1.82) is 5.26 Å². The Morgan fingerprint density at radius 2 is 2.32 bits per heavy atom. The minimum atomic E-state index is -0.211. The zero-order chi connectivity index (χ0) is 13.7. The first-order chi connectivity index (χ1) is 9.24. The van der Waals surface area contributed by atoms with Crippen molar-refractivity contribution in [2.45, 2.75) is 44.8 Å². The molecule has 5 atom stereocenters. The molecule has 19 heavy (non-hydrogen) atoms. The summed E-state index contributed by atoms with van der Waals surface area (Å²) in [6.07, 6.45) is 5.07. The molecule has 0 aromatic rings. The molecule has 1 heterocycles. The lowest BCUT2D eigenvalue weighted by atomic mass is 9.93. The molecule has 108 valence electrons. The van der Waals surface area contributed by atoms with E-state index < -0.39 is 0 Å². The van der Waals surface area contributed by atoms with Crippen LogP contribution in [0.15, 0.2) is 0 Å². The maximum atomic E-state index is 9.16. The minimum absolute atomic E-state index is 0.211. The van der Waals surface area contributed by atoms with Crippen molar-refractivity contribution in [2.75, 3.05) is 19.0 Å². The molecule has 5 heteroatoms. The first kappa shape index (κ1) is 15.5. The van der Waals surface area contributed by atoms with Gasteiger partial charge in [0.25, 0.3) is 0 Å². The average Bonchev–Trinajstić information content (AvgIpc) is 3.09. The van der Waals surface area contributed by atoms with Gasteiger partial charge in [-0.1, -0.05) is 17.7 Å². The maximum Gasteiger partial charge on any atom is 0.147 e. The first-order valence-electron chi connectivity index (χ1n) is 7.13. The summed E-state index contributed by atoms with van der Waals surface area (Å²) in [5, 5.41) is 9.16. The molecule has 1 saturated heterocycles. The van der Waals surface area contributed by atoms with Crippen LogP contribution < -0.4 is 0 Å². The van der Waals surface area contributed by atoms with Gasteiger partial charge in [0.05, 0.1) is 18.8 Å². The van der Waals surface area contributed by atoms with Gasteiger partial charge < -0.3 is 9.47 Å². The molecule has 2 fully saturated rings. The number of ether oxygens (including phenoxy) is 2. The average molecular weight is 301 g/mol. The lowest BCUT2D eigenvalue weighted by Gasteiger charge is -2.29. The van der Waals surface area contributed by atoms with Gasteiger partial charge in [-0.05, 0) is 37.5 Å². The van der Waals surface area contributed by atoms with E-state index in [9.17, 15) is 0 Å². The molecule has 0 aromatic carbocycles. The van der Waals surface area contributed by atoms with Crippen molar-refractivity contribution < 1.29 is 9.47 Å². The van der Waals surface area contributed by atoms with Crippen LogP contribution in [0.2, 0.25) is 0 Å². The van der Waals surface area contributed by atoms with Gasteiger partial charge in [-0.25, -0.2) is 0 Å². The smallest absolute Gasteiger partial charge is 0.147 e. The number of nitrogens with zero attached hydrogens (tertiary/aromatic N) is 1. The molecule has 0 amide bonds. The Morgan fingerprint density at radius 3 is 2.89 bits per heavy atom. The van der Waals surface area contributed by atoms with E-state index in [4.69, 9.17) is 14.7 Å². The van der Waals surface area contributed by atoms with E-state index in [-0.39, 0.29) is 6.10 Å². The second-order valence-corrected chi connectivity index (χ2v) is 7.21. The Balaban J connectivity index is 1.62. The predicted octanol–water partition coefficient (Wildman–Crippen LogP) is 3.31. The van der Waals surface area contributed by atoms with Gasteiger partial charge in [-0.3, -0.25) is 0 Å². The van der Waals surface area contributed by atoms with Crippen LogP contribution in [0.25, 0.3) is 0 Å². The molecule has 2 rings (SSSR count). The fourth-order valence-electron chi connectivity index (χ4n) is 2.91. The maximum absolute atomic E-state index is 9.16. The fraction of sp³-hybridized carbons (Fsp3) is 0.929. The van der Waals surface area contributed by atoms with Crippen LogP contribution in [-0.2, 0) is 9.47 Å². The minimum Gasteiger partial charge on any atom is -0.378 e. The van der Waals surface area contributed by atoms with Gasteiger partial charge in [0, 0.05) is 18.3 Å². The molecular formula is C14H23NO2S2. The molecule has 0 bridgehead atoms. The number of hydrogen-bond donors (Lipinski definition) is 1. The van der Waals surface area contributed by atoms with Gasteiger partial charge in [-0.15, -0.1) is 11.7 Å². The summed E-state index contributed by atoms with van der Waals surface area (Å²) in [7, 11) is 1.46. The van der Waals surface area contributed by atoms with Gasteiger partial charge in [0.2, 0.25) is 0 Å². The summed E-state index contributed by atoms with van der Waals surface area (Å²) in [5.74, 6) is 2.68. The summed E-state index contributed by atoms with van der Waals surface area (Å²) < 4.78 is 11.1. The van der Waals surface area contributed by atoms with E-state index in [1.807, 2.05) is 0 Å². The highest BCUT2D eigenvalue weighted by Gasteiger charge is 2.44. The van der Waals surface area contributed by atoms with Gasteiger partial charge in [0.1, 0.15) is 6.10 Å². The van der Waals surface area contributed by atoms with E-state index in [0.717, 1.165) is 18.8 Å². The highest BCUT2D eigenvalue weighted by atomic mass is 33.1. The Morgan fingerprint density at radius 1 is 1.53 bits per heavy atom. The third kappa shape index (κ3) is 4.86. The quantitative estimate of drug-likeness (QED) is 0.403. The summed E-state index contributed by atoms with van der Waals surface area (Å²) in [5.41, 5.74) is 0. The van der Waals surface area contributed by atoms with Crippen LogP contribution >= 0.6 is 22.5 Å². The van der Waals surface area contributed by atoms with E-state index in [2.05, 4.69) is 24.7 Å². The molecule has 0 aromatic heterocycles. The van der Waals surface area contributed by atoms with Crippen molar-refractivity contribution >= 4 is 22.5 Å². The zero-order valence-corrected chi connectivity index (χ0v) is 13.2. The molecule has 0 N–H and O–H groups in total. The van der Waals surface area contributed by atoms with Gasteiger partial charge >= 0.3 is 0 Å². The van der Waals surface area contributed by atoms with Gasteiger partial charge in [0.15, 0.2) is 0 Å². The summed E-state index contributed by atoms with van der Waals surface area (Å²) >= 11 is 4.07. The van der Waals surface area contributed by atoms with Crippen molar-refractivity contribution in [3.63, 3.8) is 0 Å². The lowest BCUT2D eigenvalue weighted by Crippen LogP contribution is -2.28. The molecule has 3 nitrogen and oxygen atoms in total. The largest absolute Gasteiger partial charge is 0.378 e. The SMILES string of the molecule is CC(CC1CC1C(C#N)OCCSS)C[C@@H]1CCO1. The molecule has 2 aliphatic rings. The second-order valence-electron chi connectivity index (χ2n) is 5.77. The van der Waals surface area contributed by atoms with Crippen molar-refractivity contribution in [1.82, 2.24) is 0 Å². The Labute approximate surface area is 125 Å². The topological polar surface area (TPSA) is 42.2 Å². The standard InChI is InChI=1S/C14H23NO2S2/c1-10(7-12-2-3-16-12)6-11-8-13(11)14(9-15)17-4-5-19-18/h10-14,18H,2-8H2,1H3/t10?,11?,12-,13?,14?/m0/s1. The van der Waals surface area contributed by atoms with Crippen LogP contribution in [0.3, 0.4) is 0 Å². The van der Waals surface area contributed by atoms with E-state index in [1.165, 1.54) is 30.1 Å². The van der Waals surface area contributed by atoms with Crippen LogP contribution in [-0.4, -0.2) is 31.2 Å². The Hall–Kier alpha value is 0.110. The molecule has 0 radical (unpaired) electrons. The number of thiol groups is 1. The third-order valence-electron chi connectivity index (χ3n) is 4.13. The van der Waals surface area contributed by atoms with Crippen molar-refractivity contribution in [2.24, 2.45) is 17.8 Å². The van der Waals surface area contributed by atoms with Crippen molar-refractivity contribution in [3.8, 4) is 6.07 Å². The molecular weight excluding hydrogens is 278 g/mol. The third-order valence-corrected chi connectivity index (χ3v) is 5.03. The highest BCUT2D eigenvalue weighted by Crippen LogP contribution is 2.47. The van der Waals surface area contributed by atoms with Crippen LogP contribution in [0.5, 0.6) is 0 Å². The molecule has 1 saturated carbocycles. The molecule has 4 unspecified atom stereocenters.